The zero-order chi connectivity index (χ0) is 12.1. The summed E-state index contributed by atoms with van der Waals surface area (Å²) >= 11 is 5.85. The molecule has 0 bridgehead atoms. The molecule has 0 spiro atoms. The maximum atomic E-state index is 11.4. The van der Waals surface area contributed by atoms with Gasteiger partial charge in [-0.05, 0) is 13.8 Å². The lowest BCUT2D eigenvalue weighted by Crippen LogP contribution is -2.42. The van der Waals surface area contributed by atoms with Crippen LogP contribution >= 0.6 is 11.6 Å². The second-order valence-corrected chi connectivity index (χ2v) is 3.94. The van der Waals surface area contributed by atoms with E-state index in [-0.39, 0.29) is 11.9 Å². The van der Waals surface area contributed by atoms with Gasteiger partial charge in [-0.25, -0.2) is 4.98 Å². The van der Waals surface area contributed by atoms with Gasteiger partial charge in [0.1, 0.15) is 11.0 Å². The zero-order valence-electron chi connectivity index (χ0n) is 9.75. The van der Waals surface area contributed by atoms with Crippen LogP contribution in [0.2, 0.25) is 5.15 Å². The first-order valence-corrected chi connectivity index (χ1v) is 5.61. The van der Waals surface area contributed by atoms with Gasteiger partial charge in [0.05, 0.1) is 18.8 Å². The molecule has 1 atom stereocenters. The molecule has 6 heteroatoms. The molecule has 1 heterocycles. The second kappa shape index (κ2) is 5.86. The molecule has 0 fully saturated rings. The Hall–Kier alpha value is -1.07. The molecule has 90 valence electrons. The van der Waals surface area contributed by atoms with Crippen LogP contribution in [0.3, 0.4) is 0 Å². The smallest absolute Gasteiger partial charge is 0.236 e. The minimum Gasteiger partial charge on any atom is -0.355 e. The third kappa shape index (κ3) is 3.21. The number of carbonyl (C=O) groups is 1. The number of halogens is 1. The molecular formula is C10H17ClN4O. The van der Waals surface area contributed by atoms with Crippen LogP contribution in [0.25, 0.3) is 0 Å². The zero-order valence-corrected chi connectivity index (χ0v) is 10.5. The summed E-state index contributed by atoms with van der Waals surface area (Å²) in [6, 6.07) is -0.240. The average molecular weight is 245 g/mol. The van der Waals surface area contributed by atoms with Crippen LogP contribution in [0.15, 0.2) is 6.20 Å². The molecule has 5 nitrogen and oxygen atoms in total. The number of rotatable bonds is 5. The Balaban J connectivity index is 2.45. The third-order valence-electron chi connectivity index (χ3n) is 2.34. The summed E-state index contributed by atoms with van der Waals surface area (Å²) in [5.74, 6) is 0.795. The molecule has 0 saturated carbocycles. The number of carbonyl (C=O) groups excluding carboxylic acids is 1. The fraction of sp³-hybridized carbons (Fsp3) is 0.600. The minimum absolute atomic E-state index is 0.0113. The van der Waals surface area contributed by atoms with E-state index < -0.39 is 0 Å². The van der Waals surface area contributed by atoms with E-state index in [1.807, 2.05) is 20.9 Å². The number of nitrogens with zero attached hydrogens (tertiary/aromatic N) is 2. The number of hydrogen-bond acceptors (Lipinski definition) is 3. The number of amides is 1. The van der Waals surface area contributed by atoms with E-state index in [4.69, 9.17) is 11.6 Å². The molecule has 16 heavy (non-hydrogen) atoms. The predicted octanol–water partition coefficient (Wildman–Crippen LogP) is 0.688. The van der Waals surface area contributed by atoms with Crippen LogP contribution < -0.4 is 10.6 Å². The molecule has 1 amide bonds. The number of hydrogen-bond donors (Lipinski definition) is 2. The van der Waals surface area contributed by atoms with Crippen molar-refractivity contribution in [2.45, 2.75) is 26.4 Å². The van der Waals surface area contributed by atoms with Gasteiger partial charge in [0.15, 0.2) is 0 Å². The highest BCUT2D eigenvalue weighted by Crippen LogP contribution is 2.08. The molecule has 0 aliphatic heterocycles. The monoisotopic (exact) mass is 244 g/mol. The van der Waals surface area contributed by atoms with E-state index >= 15 is 0 Å². The van der Waals surface area contributed by atoms with Crippen LogP contribution in [0.4, 0.5) is 0 Å². The summed E-state index contributed by atoms with van der Waals surface area (Å²) in [4.78, 5) is 15.6. The van der Waals surface area contributed by atoms with Crippen LogP contribution in [-0.4, -0.2) is 28.0 Å². The number of likely N-dealkylation sites (N-methyl/N-ethyl adjacent to an activating group) is 1. The van der Waals surface area contributed by atoms with Crippen molar-refractivity contribution < 1.29 is 4.79 Å². The van der Waals surface area contributed by atoms with E-state index in [1.165, 1.54) is 0 Å². The van der Waals surface area contributed by atoms with E-state index in [2.05, 4.69) is 15.6 Å². The van der Waals surface area contributed by atoms with Crippen LogP contribution in [0, 0.1) is 0 Å². The Labute approximate surface area is 100 Å². The lowest BCUT2D eigenvalue weighted by molar-refractivity contribution is -0.122. The molecule has 0 aromatic carbocycles. The molecule has 1 rings (SSSR count). The van der Waals surface area contributed by atoms with Gasteiger partial charge in [-0.1, -0.05) is 11.6 Å². The standard InChI is InChI=1S/C10H17ClN4O/c1-4-12-10(16)7(2)13-6-9-14-5-8(11)15(9)3/h5,7,13H,4,6H2,1-3H3,(H,12,16). The van der Waals surface area contributed by atoms with Crippen LogP contribution in [-0.2, 0) is 18.4 Å². The van der Waals surface area contributed by atoms with Gasteiger partial charge in [0.2, 0.25) is 5.91 Å². The fourth-order valence-corrected chi connectivity index (χ4v) is 1.40. The SMILES string of the molecule is CCNC(=O)C(C)NCc1ncc(Cl)n1C. The van der Waals surface area contributed by atoms with Crippen molar-refractivity contribution in [1.82, 2.24) is 20.2 Å². The molecule has 1 aromatic heterocycles. The van der Waals surface area contributed by atoms with Crippen molar-refractivity contribution in [3.63, 3.8) is 0 Å². The van der Waals surface area contributed by atoms with Crippen molar-refractivity contribution in [1.29, 1.82) is 0 Å². The minimum atomic E-state index is -0.240. The first kappa shape index (κ1) is 13.0. The summed E-state index contributed by atoms with van der Waals surface area (Å²) in [6.45, 7) is 4.86. The van der Waals surface area contributed by atoms with E-state index in [1.54, 1.807) is 10.8 Å². The molecule has 1 aromatic rings. The van der Waals surface area contributed by atoms with Gasteiger partial charge in [-0.3, -0.25) is 10.1 Å². The molecule has 1 unspecified atom stereocenters. The van der Waals surface area contributed by atoms with Crippen molar-refractivity contribution in [2.75, 3.05) is 6.54 Å². The van der Waals surface area contributed by atoms with E-state index in [0.29, 0.717) is 18.2 Å². The summed E-state index contributed by atoms with van der Waals surface area (Å²) < 4.78 is 1.78. The van der Waals surface area contributed by atoms with Crippen molar-refractivity contribution in [3.05, 3.63) is 17.2 Å². The fourth-order valence-electron chi connectivity index (χ4n) is 1.25. The molecule has 0 radical (unpaired) electrons. The first-order valence-electron chi connectivity index (χ1n) is 5.23. The maximum Gasteiger partial charge on any atom is 0.236 e. The lowest BCUT2D eigenvalue weighted by atomic mass is 10.3. The van der Waals surface area contributed by atoms with Crippen LogP contribution in [0.5, 0.6) is 0 Å². The Kier molecular flexibility index (Phi) is 4.76. The van der Waals surface area contributed by atoms with Crippen molar-refractivity contribution in [2.24, 2.45) is 7.05 Å². The Bertz CT molecular complexity index is 364. The van der Waals surface area contributed by atoms with Crippen molar-refractivity contribution in [3.8, 4) is 0 Å². The summed E-state index contributed by atoms with van der Waals surface area (Å²) in [5, 5.41) is 6.42. The van der Waals surface area contributed by atoms with E-state index in [9.17, 15) is 4.79 Å². The summed E-state index contributed by atoms with van der Waals surface area (Å²) in [5.41, 5.74) is 0. The Morgan fingerprint density at radius 3 is 2.88 bits per heavy atom. The molecule has 0 aliphatic carbocycles. The average Bonchev–Trinajstić information content (AvgIpc) is 2.57. The third-order valence-corrected chi connectivity index (χ3v) is 2.69. The van der Waals surface area contributed by atoms with Gasteiger partial charge >= 0.3 is 0 Å². The van der Waals surface area contributed by atoms with E-state index in [0.717, 1.165) is 5.82 Å². The van der Waals surface area contributed by atoms with Crippen molar-refractivity contribution >= 4 is 17.5 Å². The van der Waals surface area contributed by atoms with Gasteiger partial charge in [-0.2, -0.15) is 0 Å². The predicted molar refractivity (Wildman–Crippen MR) is 63.2 cm³/mol. The topological polar surface area (TPSA) is 59.0 Å². The van der Waals surface area contributed by atoms with Gasteiger partial charge in [-0.15, -0.1) is 0 Å². The van der Waals surface area contributed by atoms with Gasteiger partial charge in [0, 0.05) is 13.6 Å². The van der Waals surface area contributed by atoms with Crippen LogP contribution in [0.1, 0.15) is 19.7 Å². The molecular weight excluding hydrogens is 228 g/mol. The summed E-state index contributed by atoms with van der Waals surface area (Å²) in [6.07, 6.45) is 1.59. The Morgan fingerprint density at radius 2 is 2.38 bits per heavy atom. The van der Waals surface area contributed by atoms with Gasteiger partial charge in [0.25, 0.3) is 0 Å². The number of nitrogens with one attached hydrogen (secondary N) is 2. The highest BCUT2D eigenvalue weighted by molar-refractivity contribution is 6.29. The molecule has 0 aliphatic rings. The highest BCUT2D eigenvalue weighted by Gasteiger charge is 2.12. The summed E-state index contributed by atoms with van der Waals surface area (Å²) in [7, 11) is 1.84. The molecule has 0 saturated heterocycles. The second-order valence-electron chi connectivity index (χ2n) is 3.55. The maximum absolute atomic E-state index is 11.4. The first-order chi connectivity index (χ1) is 7.56. The quantitative estimate of drug-likeness (QED) is 0.801. The van der Waals surface area contributed by atoms with Gasteiger partial charge < -0.3 is 9.88 Å². The number of aromatic nitrogens is 2. The Morgan fingerprint density at radius 1 is 1.69 bits per heavy atom. The highest BCUT2D eigenvalue weighted by atomic mass is 35.5. The molecule has 2 N–H and O–H groups in total. The number of imidazole rings is 1. The normalized spacial score (nSPS) is 12.5. The lowest BCUT2D eigenvalue weighted by Gasteiger charge is -2.12. The largest absolute Gasteiger partial charge is 0.355 e.